The molecule has 1 fully saturated rings. The molecule has 2 rings (SSSR count). The van der Waals surface area contributed by atoms with Gasteiger partial charge >= 0.3 is 6.09 Å². The number of likely N-dealkylation sites (tertiary alicyclic amines) is 1. The maximum absolute atomic E-state index is 12.2. The van der Waals surface area contributed by atoms with Crippen molar-refractivity contribution >= 4 is 6.09 Å². The zero-order chi connectivity index (χ0) is 15.8. The van der Waals surface area contributed by atoms with Gasteiger partial charge in [0.1, 0.15) is 0 Å². The van der Waals surface area contributed by atoms with Crippen molar-refractivity contribution in [2.24, 2.45) is 0 Å². The van der Waals surface area contributed by atoms with Crippen LogP contribution in [0.1, 0.15) is 18.4 Å². The summed E-state index contributed by atoms with van der Waals surface area (Å²) in [6, 6.07) is 10.1. The highest BCUT2D eigenvalue weighted by Gasteiger charge is 2.31. The number of carbonyl (C=O) groups is 1. The highest BCUT2D eigenvalue weighted by Crippen LogP contribution is 2.16. The SMILES string of the molecule is O=C(O)N1CCC(NCc2ccccc2)C(OCCCF)C1. The first-order valence-electron chi connectivity index (χ1n) is 7.63. The summed E-state index contributed by atoms with van der Waals surface area (Å²) >= 11 is 0. The number of carboxylic acid groups (broad SMARTS) is 1. The van der Waals surface area contributed by atoms with E-state index in [1.54, 1.807) is 0 Å². The lowest BCUT2D eigenvalue weighted by Gasteiger charge is -2.37. The molecular weight excluding hydrogens is 287 g/mol. The van der Waals surface area contributed by atoms with E-state index in [0.717, 1.165) is 0 Å². The molecule has 1 aliphatic rings. The van der Waals surface area contributed by atoms with Gasteiger partial charge in [0.2, 0.25) is 0 Å². The molecule has 1 heterocycles. The van der Waals surface area contributed by atoms with E-state index >= 15 is 0 Å². The molecular formula is C16H23FN2O3. The van der Waals surface area contributed by atoms with Crippen LogP contribution in [0.5, 0.6) is 0 Å². The largest absolute Gasteiger partial charge is 0.465 e. The fraction of sp³-hybridized carbons (Fsp3) is 0.562. The average Bonchev–Trinajstić information content (AvgIpc) is 2.54. The molecule has 0 aromatic heterocycles. The normalized spacial score (nSPS) is 21.8. The molecule has 1 aliphatic heterocycles. The molecule has 0 bridgehead atoms. The predicted molar refractivity (Wildman–Crippen MR) is 81.6 cm³/mol. The number of ether oxygens (including phenoxy) is 1. The standard InChI is InChI=1S/C16H23FN2O3/c17-8-4-10-22-15-12-19(16(20)21)9-7-14(15)18-11-13-5-2-1-3-6-13/h1-3,5-6,14-15,18H,4,7-12H2,(H,20,21). The van der Waals surface area contributed by atoms with Crippen molar-refractivity contribution in [2.75, 3.05) is 26.4 Å². The van der Waals surface area contributed by atoms with Crippen molar-refractivity contribution in [1.29, 1.82) is 0 Å². The molecule has 1 amide bonds. The topological polar surface area (TPSA) is 61.8 Å². The van der Waals surface area contributed by atoms with Crippen LogP contribution in [-0.4, -0.2) is 54.6 Å². The van der Waals surface area contributed by atoms with Crippen LogP contribution in [0.25, 0.3) is 0 Å². The number of benzene rings is 1. The van der Waals surface area contributed by atoms with Crippen molar-refractivity contribution in [3.63, 3.8) is 0 Å². The van der Waals surface area contributed by atoms with Crippen molar-refractivity contribution in [2.45, 2.75) is 31.5 Å². The molecule has 1 saturated heterocycles. The number of amides is 1. The van der Waals surface area contributed by atoms with E-state index < -0.39 is 12.8 Å². The van der Waals surface area contributed by atoms with Gasteiger partial charge in [0, 0.05) is 25.7 Å². The maximum Gasteiger partial charge on any atom is 0.407 e. The van der Waals surface area contributed by atoms with Gasteiger partial charge in [0.15, 0.2) is 0 Å². The molecule has 0 aliphatic carbocycles. The fourth-order valence-electron chi connectivity index (χ4n) is 2.63. The first kappa shape index (κ1) is 16.7. The molecule has 0 radical (unpaired) electrons. The van der Waals surface area contributed by atoms with Crippen LogP contribution in [0.4, 0.5) is 9.18 Å². The Kier molecular flexibility index (Phi) is 6.61. The third-order valence-corrected chi connectivity index (χ3v) is 3.85. The van der Waals surface area contributed by atoms with Gasteiger partial charge < -0.3 is 20.1 Å². The minimum Gasteiger partial charge on any atom is -0.465 e. The first-order chi connectivity index (χ1) is 10.7. The van der Waals surface area contributed by atoms with Crippen LogP contribution in [0.3, 0.4) is 0 Å². The van der Waals surface area contributed by atoms with Gasteiger partial charge in [0.25, 0.3) is 0 Å². The molecule has 5 nitrogen and oxygen atoms in total. The molecule has 2 atom stereocenters. The van der Waals surface area contributed by atoms with Crippen LogP contribution in [0.15, 0.2) is 30.3 Å². The second kappa shape index (κ2) is 8.70. The van der Waals surface area contributed by atoms with Gasteiger partial charge in [-0.3, -0.25) is 4.39 Å². The van der Waals surface area contributed by atoms with Crippen molar-refractivity contribution < 1.29 is 19.0 Å². The zero-order valence-corrected chi connectivity index (χ0v) is 12.6. The van der Waals surface area contributed by atoms with E-state index in [1.165, 1.54) is 10.5 Å². The number of halogens is 1. The molecule has 122 valence electrons. The van der Waals surface area contributed by atoms with Crippen LogP contribution in [0, 0.1) is 0 Å². The summed E-state index contributed by atoms with van der Waals surface area (Å²) in [4.78, 5) is 12.5. The fourth-order valence-corrected chi connectivity index (χ4v) is 2.63. The number of alkyl halides is 1. The summed E-state index contributed by atoms with van der Waals surface area (Å²) in [5, 5.41) is 12.5. The Morgan fingerprint density at radius 2 is 2.18 bits per heavy atom. The lowest BCUT2D eigenvalue weighted by atomic mass is 10.0. The quantitative estimate of drug-likeness (QED) is 0.759. The van der Waals surface area contributed by atoms with Gasteiger partial charge in [-0.25, -0.2) is 4.79 Å². The van der Waals surface area contributed by atoms with E-state index in [-0.39, 0.29) is 12.1 Å². The molecule has 1 aromatic carbocycles. The third-order valence-electron chi connectivity index (χ3n) is 3.85. The Labute approximate surface area is 130 Å². The summed E-state index contributed by atoms with van der Waals surface area (Å²) in [5.41, 5.74) is 1.17. The minimum atomic E-state index is -0.930. The molecule has 0 spiro atoms. The highest BCUT2D eigenvalue weighted by atomic mass is 19.1. The number of nitrogens with zero attached hydrogens (tertiary/aromatic N) is 1. The lowest BCUT2D eigenvalue weighted by Crippen LogP contribution is -2.54. The maximum atomic E-state index is 12.2. The van der Waals surface area contributed by atoms with E-state index in [2.05, 4.69) is 5.32 Å². The molecule has 6 heteroatoms. The first-order valence-corrected chi connectivity index (χ1v) is 7.63. The number of hydrogen-bond donors (Lipinski definition) is 2. The Morgan fingerprint density at radius 3 is 2.86 bits per heavy atom. The van der Waals surface area contributed by atoms with Gasteiger partial charge in [-0.05, 0) is 18.4 Å². The molecule has 2 N–H and O–H groups in total. The summed E-state index contributed by atoms with van der Waals surface area (Å²) in [5.74, 6) is 0. The predicted octanol–water partition coefficient (Wildman–Crippen LogP) is 2.27. The van der Waals surface area contributed by atoms with E-state index in [1.807, 2.05) is 30.3 Å². The van der Waals surface area contributed by atoms with Crippen molar-refractivity contribution in [3.05, 3.63) is 35.9 Å². The number of rotatable bonds is 7. The van der Waals surface area contributed by atoms with E-state index in [4.69, 9.17) is 9.84 Å². The molecule has 22 heavy (non-hydrogen) atoms. The van der Waals surface area contributed by atoms with E-state index in [9.17, 15) is 9.18 Å². The second-order valence-corrected chi connectivity index (χ2v) is 5.44. The smallest absolute Gasteiger partial charge is 0.407 e. The Bertz CT molecular complexity index is 458. The van der Waals surface area contributed by atoms with Crippen LogP contribution < -0.4 is 5.32 Å². The highest BCUT2D eigenvalue weighted by molar-refractivity contribution is 5.65. The van der Waals surface area contributed by atoms with Gasteiger partial charge in [0.05, 0.1) is 19.3 Å². The molecule has 1 aromatic rings. The molecule has 2 unspecified atom stereocenters. The summed E-state index contributed by atoms with van der Waals surface area (Å²) in [6.07, 6.45) is -0.130. The average molecular weight is 310 g/mol. The van der Waals surface area contributed by atoms with Crippen molar-refractivity contribution in [1.82, 2.24) is 10.2 Å². The monoisotopic (exact) mass is 310 g/mol. The number of hydrogen-bond acceptors (Lipinski definition) is 3. The third kappa shape index (κ3) is 4.96. The summed E-state index contributed by atoms with van der Waals surface area (Å²) in [6.45, 7) is 1.43. The minimum absolute atomic E-state index is 0.0791. The van der Waals surface area contributed by atoms with Gasteiger partial charge in [-0.2, -0.15) is 0 Å². The van der Waals surface area contributed by atoms with Gasteiger partial charge in [-0.1, -0.05) is 30.3 Å². The number of piperidine rings is 1. The number of nitrogens with one attached hydrogen (secondary N) is 1. The second-order valence-electron chi connectivity index (χ2n) is 5.44. The Hall–Kier alpha value is -1.66. The van der Waals surface area contributed by atoms with Crippen LogP contribution in [-0.2, 0) is 11.3 Å². The zero-order valence-electron chi connectivity index (χ0n) is 12.6. The lowest BCUT2D eigenvalue weighted by molar-refractivity contribution is -0.0202. The Balaban J connectivity index is 1.89. The van der Waals surface area contributed by atoms with Crippen LogP contribution >= 0.6 is 0 Å². The van der Waals surface area contributed by atoms with E-state index in [0.29, 0.717) is 39.1 Å². The summed E-state index contributed by atoms with van der Waals surface area (Å²) < 4.78 is 17.9. The Morgan fingerprint density at radius 1 is 1.41 bits per heavy atom. The molecule has 0 saturated carbocycles. The van der Waals surface area contributed by atoms with Crippen molar-refractivity contribution in [3.8, 4) is 0 Å². The van der Waals surface area contributed by atoms with Crippen LogP contribution in [0.2, 0.25) is 0 Å². The summed E-state index contributed by atoms with van der Waals surface area (Å²) in [7, 11) is 0. The van der Waals surface area contributed by atoms with Gasteiger partial charge in [-0.15, -0.1) is 0 Å².